The van der Waals surface area contributed by atoms with Gasteiger partial charge in [-0.2, -0.15) is 0 Å². The lowest BCUT2D eigenvalue weighted by atomic mass is 10.00. The van der Waals surface area contributed by atoms with Gasteiger partial charge in [0.25, 0.3) is 0 Å². The summed E-state index contributed by atoms with van der Waals surface area (Å²) >= 11 is 1.85. The van der Waals surface area contributed by atoms with E-state index in [1.807, 2.05) is 11.3 Å². The highest BCUT2D eigenvalue weighted by Gasteiger charge is 2.21. The fourth-order valence-electron chi connectivity index (χ4n) is 8.22. The standard InChI is InChI=1S/C51H33N3S/c1-3-13-34(14-4-1)35-23-27-38(28-24-35)53(40-31-32-48-46(33-40)43-19-11-12-22-47(43)55-48)39-29-25-36(26-30-39)51-52-49-44-20-9-7-17-41(44)42-18-8-10-21-45(42)50(49)54(51)37-15-5-2-6-16-37/h1-33H. The highest BCUT2D eigenvalue weighted by molar-refractivity contribution is 7.25. The minimum absolute atomic E-state index is 0.916. The number of rotatable bonds is 6. The molecule has 11 aromatic rings. The van der Waals surface area contributed by atoms with Crippen LogP contribution in [0, 0.1) is 0 Å². The number of aromatic nitrogens is 2. The molecule has 2 heterocycles. The number of benzene rings is 9. The number of hydrogen-bond acceptors (Lipinski definition) is 3. The Bertz CT molecular complexity index is 3180. The normalized spacial score (nSPS) is 11.6. The zero-order valence-electron chi connectivity index (χ0n) is 29.8. The molecular weight excluding hydrogens is 687 g/mol. The largest absolute Gasteiger partial charge is 0.310 e. The summed E-state index contributed by atoms with van der Waals surface area (Å²) in [6, 6.07) is 72.0. The highest BCUT2D eigenvalue weighted by atomic mass is 32.1. The van der Waals surface area contributed by atoms with Crippen LogP contribution in [0.15, 0.2) is 200 Å². The predicted molar refractivity (Wildman–Crippen MR) is 235 cm³/mol. The average molecular weight is 720 g/mol. The summed E-state index contributed by atoms with van der Waals surface area (Å²) in [7, 11) is 0. The molecule has 0 amide bonds. The van der Waals surface area contributed by atoms with Crippen molar-refractivity contribution in [3.63, 3.8) is 0 Å². The second-order valence-electron chi connectivity index (χ2n) is 14.0. The van der Waals surface area contributed by atoms with E-state index >= 15 is 0 Å². The third-order valence-corrected chi connectivity index (χ3v) is 11.9. The van der Waals surface area contributed by atoms with Crippen molar-refractivity contribution in [2.24, 2.45) is 0 Å². The average Bonchev–Trinajstić information content (AvgIpc) is 3.85. The van der Waals surface area contributed by atoms with Gasteiger partial charge in [0.1, 0.15) is 5.82 Å². The maximum Gasteiger partial charge on any atom is 0.145 e. The van der Waals surface area contributed by atoms with Gasteiger partial charge in [-0.05, 0) is 94.7 Å². The highest BCUT2D eigenvalue weighted by Crippen LogP contribution is 2.43. The third kappa shape index (κ3) is 5.22. The zero-order chi connectivity index (χ0) is 36.3. The summed E-state index contributed by atoms with van der Waals surface area (Å²) in [4.78, 5) is 7.84. The van der Waals surface area contributed by atoms with Gasteiger partial charge in [0.15, 0.2) is 0 Å². The fourth-order valence-corrected chi connectivity index (χ4v) is 9.31. The molecule has 0 atom stereocenters. The molecule has 0 aliphatic heterocycles. The quantitative estimate of drug-likeness (QED) is 0.160. The van der Waals surface area contributed by atoms with Crippen molar-refractivity contribution in [3.05, 3.63) is 200 Å². The van der Waals surface area contributed by atoms with Gasteiger partial charge in [-0.25, -0.2) is 4.98 Å². The number of nitrogens with zero attached hydrogens (tertiary/aromatic N) is 3. The Balaban J connectivity index is 1.10. The minimum atomic E-state index is 0.916. The molecule has 258 valence electrons. The Morgan fingerprint density at radius 1 is 0.382 bits per heavy atom. The van der Waals surface area contributed by atoms with Crippen LogP contribution >= 0.6 is 11.3 Å². The molecule has 0 spiro atoms. The van der Waals surface area contributed by atoms with Gasteiger partial charge in [0.05, 0.1) is 11.0 Å². The molecule has 0 radical (unpaired) electrons. The molecule has 0 aliphatic carbocycles. The summed E-state index contributed by atoms with van der Waals surface area (Å²) in [5.74, 6) is 0.916. The van der Waals surface area contributed by atoms with E-state index in [-0.39, 0.29) is 0 Å². The molecule has 0 N–H and O–H groups in total. The van der Waals surface area contributed by atoms with Crippen LogP contribution in [-0.2, 0) is 0 Å². The van der Waals surface area contributed by atoms with Crippen molar-refractivity contribution in [2.75, 3.05) is 4.90 Å². The monoisotopic (exact) mass is 719 g/mol. The number of thiophene rings is 1. The predicted octanol–water partition coefficient (Wildman–Crippen LogP) is 14.5. The number of para-hydroxylation sites is 1. The van der Waals surface area contributed by atoms with Gasteiger partial charge in [-0.1, -0.05) is 127 Å². The van der Waals surface area contributed by atoms with E-state index in [0.29, 0.717) is 0 Å². The van der Waals surface area contributed by atoms with Crippen molar-refractivity contribution >= 4 is 81.1 Å². The van der Waals surface area contributed by atoms with E-state index in [2.05, 4.69) is 210 Å². The van der Waals surface area contributed by atoms with Gasteiger partial charge < -0.3 is 4.90 Å². The summed E-state index contributed by atoms with van der Waals surface area (Å²) < 4.78 is 4.94. The summed E-state index contributed by atoms with van der Waals surface area (Å²) in [5.41, 5.74) is 9.96. The first-order chi connectivity index (χ1) is 27.3. The maximum atomic E-state index is 5.47. The molecule has 2 aromatic heterocycles. The van der Waals surface area contributed by atoms with Crippen molar-refractivity contribution < 1.29 is 0 Å². The molecule has 0 bridgehead atoms. The first kappa shape index (κ1) is 31.5. The second kappa shape index (κ2) is 12.8. The summed E-state index contributed by atoms with van der Waals surface area (Å²) in [6.45, 7) is 0. The number of hydrogen-bond donors (Lipinski definition) is 0. The van der Waals surface area contributed by atoms with Crippen LogP contribution in [0.4, 0.5) is 17.1 Å². The first-order valence-corrected chi connectivity index (χ1v) is 19.4. The number of fused-ring (bicyclic) bond motifs is 9. The van der Waals surface area contributed by atoms with Crippen LogP contribution in [0.25, 0.3) is 81.0 Å². The molecule has 0 aliphatic rings. The van der Waals surface area contributed by atoms with Crippen LogP contribution in [-0.4, -0.2) is 9.55 Å². The molecule has 0 unspecified atom stereocenters. The molecule has 0 fully saturated rings. The first-order valence-electron chi connectivity index (χ1n) is 18.6. The van der Waals surface area contributed by atoms with Crippen LogP contribution in [0.5, 0.6) is 0 Å². The zero-order valence-corrected chi connectivity index (χ0v) is 30.6. The molecular formula is C51H33N3S. The van der Waals surface area contributed by atoms with E-state index < -0.39 is 0 Å². The Morgan fingerprint density at radius 3 is 1.60 bits per heavy atom. The van der Waals surface area contributed by atoms with E-state index in [9.17, 15) is 0 Å². The second-order valence-corrected chi connectivity index (χ2v) is 15.1. The lowest BCUT2D eigenvalue weighted by Crippen LogP contribution is -2.10. The number of anilines is 3. The molecule has 0 saturated heterocycles. The van der Waals surface area contributed by atoms with Crippen molar-refractivity contribution in [1.29, 1.82) is 0 Å². The fraction of sp³-hybridized carbons (Fsp3) is 0. The minimum Gasteiger partial charge on any atom is -0.310 e. The van der Waals surface area contributed by atoms with Crippen LogP contribution in [0.3, 0.4) is 0 Å². The Kier molecular flexibility index (Phi) is 7.35. The van der Waals surface area contributed by atoms with Crippen molar-refractivity contribution in [3.8, 4) is 28.2 Å². The smallest absolute Gasteiger partial charge is 0.145 e. The maximum absolute atomic E-state index is 5.47. The van der Waals surface area contributed by atoms with E-state index in [0.717, 1.165) is 50.6 Å². The lowest BCUT2D eigenvalue weighted by Gasteiger charge is -2.26. The molecule has 4 heteroatoms. The SMILES string of the molecule is c1ccc(-c2ccc(N(c3ccc(-c4nc5c6ccccc6c6ccccc6c5n4-c4ccccc4)cc3)c3ccc4sc5ccccc5c4c3)cc2)cc1. The topological polar surface area (TPSA) is 21.1 Å². The van der Waals surface area contributed by atoms with Gasteiger partial charge >= 0.3 is 0 Å². The number of imidazole rings is 1. The van der Waals surface area contributed by atoms with Crippen LogP contribution in [0.1, 0.15) is 0 Å². The molecule has 11 rings (SSSR count). The summed E-state index contributed by atoms with van der Waals surface area (Å²) in [5, 5.41) is 7.36. The summed E-state index contributed by atoms with van der Waals surface area (Å²) in [6.07, 6.45) is 0. The van der Waals surface area contributed by atoms with Gasteiger partial charge in [0, 0.05) is 59.3 Å². The van der Waals surface area contributed by atoms with Crippen molar-refractivity contribution in [1.82, 2.24) is 9.55 Å². The Hall–Kier alpha value is -7.01. The molecule has 9 aromatic carbocycles. The van der Waals surface area contributed by atoms with Gasteiger partial charge in [-0.15, -0.1) is 11.3 Å². The molecule has 55 heavy (non-hydrogen) atoms. The van der Waals surface area contributed by atoms with Gasteiger partial charge in [0.2, 0.25) is 0 Å². The van der Waals surface area contributed by atoms with Crippen molar-refractivity contribution in [2.45, 2.75) is 0 Å². The lowest BCUT2D eigenvalue weighted by molar-refractivity contribution is 1.11. The van der Waals surface area contributed by atoms with Crippen LogP contribution < -0.4 is 4.90 Å². The van der Waals surface area contributed by atoms with E-state index in [1.54, 1.807) is 0 Å². The van der Waals surface area contributed by atoms with E-state index in [4.69, 9.17) is 4.98 Å². The Labute approximate surface area is 322 Å². The van der Waals surface area contributed by atoms with Crippen LogP contribution in [0.2, 0.25) is 0 Å². The van der Waals surface area contributed by atoms with Gasteiger partial charge in [-0.3, -0.25) is 4.57 Å². The molecule has 0 saturated carbocycles. The Morgan fingerprint density at radius 2 is 0.891 bits per heavy atom. The van der Waals surface area contributed by atoms with E-state index in [1.165, 1.54) is 47.5 Å². The molecule has 3 nitrogen and oxygen atoms in total. The third-order valence-electron chi connectivity index (χ3n) is 10.8.